The first-order valence-electron chi connectivity index (χ1n) is 4.59. The Morgan fingerprint density at radius 2 is 1.88 bits per heavy atom. The van der Waals surface area contributed by atoms with E-state index >= 15 is 0 Å². The highest BCUT2D eigenvalue weighted by molar-refractivity contribution is 7.90. The third kappa shape index (κ3) is 1.92. The van der Waals surface area contributed by atoms with Gasteiger partial charge in [-0.1, -0.05) is 18.2 Å². The molecule has 2 rings (SSSR count). The van der Waals surface area contributed by atoms with Crippen LogP contribution in [0.5, 0.6) is 0 Å². The van der Waals surface area contributed by atoms with Crippen LogP contribution >= 0.6 is 0 Å². The van der Waals surface area contributed by atoms with E-state index in [9.17, 15) is 8.42 Å². The van der Waals surface area contributed by atoms with E-state index in [0.717, 1.165) is 6.26 Å². The van der Waals surface area contributed by atoms with Crippen molar-refractivity contribution < 1.29 is 8.42 Å². The predicted octanol–water partition coefficient (Wildman–Crippen LogP) is 0.858. The van der Waals surface area contributed by atoms with Crippen LogP contribution in [-0.2, 0) is 9.84 Å². The first kappa shape index (κ1) is 10.7. The van der Waals surface area contributed by atoms with E-state index in [1.165, 1.54) is 10.7 Å². The zero-order chi connectivity index (χ0) is 11.8. The number of aromatic nitrogens is 2. The number of nitrogens with zero attached hydrogens (tertiary/aromatic N) is 2. The largest absolute Gasteiger partial charge is 0.382 e. The predicted molar refractivity (Wildman–Crippen MR) is 61.1 cm³/mol. The summed E-state index contributed by atoms with van der Waals surface area (Å²) in [6, 6.07) is 10.3. The molecule has 0 spiro atoms. The molecule has 0 fully saturated rings. The van der Waals surface area contributed by atoms with Crippen LogP contribution < -0.4 is 5.73 Å². The maximum Gasteiger partial charge on any atom is 0.192 e. The Morgan fingerprint density at radius 3 is 2.44 bits per heavy atom. The van der Waals surface area contributed by atoms with Gasteiger partial charge in [-0.15, -0.1) is 5.10 Å². The fourth-order valence-corrected chi connectivity index (χ4v) is 2.19. The number of sulfone groups is 1. The highest BCUT2D eigenvalue weighted by Gasteiger charge is 2.16. The maximum atomic E-state index is 11.5. The first-order valence-corrected chi connectivity index (χ1v) is 6.48. The molecule has 1 aromatic carbocycles. The van der Waals surface area contributed by atoms with Crippen molar-refractivity contribution in [2.24, 2.45) is 0 Å². The van der Waals surface area contributed by atoms with E-state index in [1.54, 1.807) is 24.3 Å². The molecular weight excluding hydrogens is 226 g/mol. The van der Waals surface area contributed by atoms with Gasteiger partial charge >= 0.3 is 0 Å². The Kier molecular flexibility index (Phi) is 2.43. The summed E-state index contributed by atoms with van der Waals surface area (Å²) in [4.78, 5) is 0. The Bertz CT molecular complexity index is 602. The third-order valence-corrected chi connectivity index (χ3v) is 3.13. The quantitative estimate of drug-likeness (QED) is 0.840. The van der Waals surface area contributed by atoms with Gasteiger partial charge in [0.1, 0.15) is 5.82 Å². The van der Waals surface area contributed by atoms with E-state index in [2.05, 4.69) is 5.10 Å². The first-order chi connectivity index (χ1) is 7.48. The van der Waals surface area contributed by atoms with Gasteiger partial charge in [0, 0.05) is 12.3 Å². The number of para-hydroxylation sites is 1. The van der Waals surface area contributed by atoms with Gasteiger partial charge in [-0.05, 0) is 12.1 Å². The van der Waals surface area contributed by atoms with Gasteiger partial charge in [0.15, 0.2) is 14.9 Å². The van der Waals surface area contributed by atoms with Crippen LogP contribution in [0.1, 0.15) is 0 Å². The molecule has 0 unspecified atom stereocenters. The van der Waals surface area contributed by atoms with Crippen LogP contribution in [0.2, 0.25) is 0 Å². The molecule has 0 aliphatic carbocycles. The fraction of sp³-hybridized carbons (Fsp3) is 0.100. The molecule has 84 valence electrons. The van der Waals surface area contributed by atoms with Crippen molar-refractivity contribution in [2.75, 3.05) is 12.0 Å². The number of anilines is 1. The summed E-state index contributed by atoms with van der Waals surface area (Å²) in [7, 11) is -3.34. The molecular formula is C10H11N3O2S. The summed E-state index contributed by atoms with van der Waals surface area (Å²) in [6.07, 6.45) is 1.13. The number of nitrogens with two attached hydrogens (primary N) is 1. The molecule has 0 bridgehead atoms. The SMILES string of the molecule is CS(=O)(=O)c1cc(N)nn1-c1ccccc1. The van der Waals surface area contributed by atoms with Gasteiger partial charge in [0.05, 0.1) is 5.69 Å². The van der Waals surface area contributed by atoms with Crippen LogP contribution in [-0.4, -0.2) is 24.5 Å². The number of hydrogen-bond acceptors (Lipinski definition) is 4. The number of benzene rings is 1. The van der Waals surface area contributed by atoms with E-state index < -0.39 is 9.84 Å². The molecule has 0 saturated heterocycles. The Balaban J connectivity index is 2.67. The molecule has 6 heteroatoms. The molecule has 0 radical (unpaired) electrons. The van der Waals surface area contributed by atoms with Crippen LogP contribution in [0.15, 0.2) is 41.4 Å². The average Bonchev–Trinajstić information content (AvgIpc) is 2.61. The second kappa shape index (κ2) is 3.64. The van der Waals surface area contributed by atoms with Crippen LogP contribution in [0.3, 0.4) is 0 Å². The molecule has 16 heavy (non-hydrogen) atoms. The summed E-state index contributed by atoms with van der Waals surface area (Å²) in [5.74, 6) is 0.185. The highest BCUT2D eigenvalue weighted by Crippen LogP contribution is 2.17. The highest BCUT2D eigenvalue weighted by atomic mass is 32.2. The van der Waals surface area contributed by atoms with E-state index in [-0.39, 0.29) is 10.8 Å². The zero-order valence-electron chi connectivity index (χ0n) is 8.66. The molecule has 5 nitrogen and oxygen atoms in total. The molecule has 2 N–H and O–H groups in total. The van der Waals surface area contributed by atoms with Gasteiger partial charge in [-0.25, -0.2) is 13.1 Å². The molecule has 1 aromatic heterocycles. The number of rotatable bonds is 2. The average molecular weight is 237 g/mol. The van der Waals surface area contributed by atoms with Crippen molar-refractivity contribution >= 4 is 15.7 Å². The molecule has 0 aliphatic rings. The molecule has 2 aromatic rings. The lowest BCUT2D eigenvalue weighted by Crippen LogP contribution is -2.07. The van der Waals surface area contributed by atoms with Crippen molar-refractivity contribution in [1.82, 2.24) is 9.78 Å². The summed E-state index contributed by atoms with van der Waals surface area (Å²) in [6.45, 7) is 0. The lowest BCUT2D eigenvalue weighted by molar-refractivity contribution is 0.592. The van der Waals surface area contributed by atoms with Crippen molar-refractivity contribution in [3.8, 4) is 5.69 Å². The van der Waals surface area contributed by atoms with Gasteiger partial charge in [-0.2, -0.15) is 0 Å². The molecule has 0 aliphatic heterocycles. The van der Waals surface area contributed by atoms with E-state index in [1.807, 2.05) is 6.07 Å². The minimum absolute atomic E-state index is 0.0937. The normalized spacial score (nSPS) is 11.6. The second-order valence-corrected chi connectivity index (χ2v) is 5.39. The summed E-state index contributed by atoms with van der Waals surface area (Å²) < 4.78 is 24.4. The van der Waals surface area contributed by atoms with Gasteiger partial charge in [0.25, 0.3) is 0 Å². The van der Waals surface area contributed by atoms with Crippen LogP contribution in [0.25, 0.3) is 5.69 Å². The Hall–Kier alpha value is -1.82. The van der Waals surface area contributed by atoms with Crippen molar-refractivity contribution in [3.05, 3.63) is 36.4 Å². The van der Waals surface area contributed by atoms with E-state index in [4.69, 9.17) is 5.73 Å². The molecule has 0 amide bonds. The smallest absolute Gasteiger partial charge is 0.192 e. The summed E-state index contributed by atoms with van der Waals surface area (Å²) in [5, 5.41) is 4.06. The van der Waals surface area contributed by atoms with Crippen LogP contribution in [0, 0.1) is 0 Å². The standard InChI is InChI=1S/C10H11N3O2S/c1-16(14,15)10-7-9(11)12-13(10)8-5-3-2-4-6-8/h2-7H,1H3,(H2,11,12). The summed E-state index contributed by atoms with van der Waals surface area (Å²) >= 11 is 0. The minimum atomic E-state index is -3.34. The lowest BCUT2D eigenvalue weighted by atomic mass is 10.3. The van der Waals surface area contributed by atoms with Crippen molar-refractivity contribution in [1.29, 1.82) is 0 Å². The van der Waals surface area contributed by atoms with Crippen molar-refractivity contribution in [3.63, 3.8) is 0 Å². The van der Waals surface area contributed by atoms with E-state index in [0.29, 0.717) is 5.69 Å². The second-order valence-electron chi connectivity index (χ2n) is 3.43. The third-order valence-electron chi connectivity index (χ3n) is 2.08. The minimum Gasteiger partial charge on any atom is -0.382 e. The molecule has 1 heterocycles. The van der Waals surface area contributed by atoms with Crippen LogP contribution in [0.4, 0.5) is 5.82 Å². The lowest BCUT2D eigenvalue weighted by Gasteiger charge is -2.04. The number of nitrogen functional groups attached to an aromatic ring is 1. The van der Waals surface area contributed by atoms with Crippen molar-refractivity contribution in [2.45, 2.75) is 5.03 Å². The van der Waals surface area contributed by atoms with Gasteiger partial charge in [-0.3, -0.25) is 0 Å². The Morgan fingerprint density at radius 1 is 1.25 bits per heavy atom. The zero-order valence-corrected chi connectivity index (χ0v) is 9.48. The number of hydrogen-bond donors (Lipinski definition) is 1. The van der Waals surface area contributed by atoms with Gasteiger partial charge in [0.2, 0.25) is 0 Å². The maximum absolute atomic E-state index is 11.5. The fourth-order valence-electron chi connectivity index (χ4n) is 1.40. The molecule has 0 saturated carbocycles. The van der Waals surface area contributed by atoms with Gasteiger partial charge < -0.3 is 5.73 Å². The molecule has 0 atom stereocenters. The Labute approximate surface area is 93.4 Å². The monoisotopic (exact) mass is 237 g/mol. The topological polar surface area (TPSA) is 78.0 Å². The summed E-state index contributed by atoms with van der Waals surface area (Å²) in [5.41, 5.74) is 6.18.